The van der Waals surface area contributed by atoms with Gasteiger partial charge in [-0.05, 0) is 43.0 Å². The molecule has 0 aliphatic carbocycles. The highest BCUT2D eigenvalue weighted by molar-refractivity contribution is 5.41. The summed E-state index contributed by atoms with van der Waals surface area (Å²) < 4.78 is 0. The van der Waals surface area contributed by atoms with E-state index in [0.717, 1.165) is 32.0 Å². The molecule has 2 heterocycles. The molecule has 0 spiro atoms. The minimum absolute atomic E-state index is 0.704. The summed E-state index contributed by atoms with van der Waals surface area (Å²) in [7, 11) is 0. The van der Waals surface area contributed by atoms with E-state index < -0.39 is 0 Å². The zero-order valence-electron chi connectivity index (χ0n) is 10.9. The molecular formula is C14H23N3. The minimum atomic E-state index is 0.704. The molecule has 1 aromatic rings. The molecule has 2 rings (SSSR count). The van der Waals surface area contributed by atoms with Crippen LogP contribution < -0.4 is 10.2 Å². The standard InChI is InChI=1S/C14H23N3/c1-12(2)10-15-11-13-5-6-16-14(9-13)17-7-3-4-8-17/h5-6,9,12,15H,3-4,7-8,10-11H2,1-2H3. The van der Waals surface area contributed by atoms with Gasteiger partial charge in [0.1, 0.15) is 5.82 Å². The molecule has 3 heteroatoms. The van der Waals surface area contributed by atoms with E-state index in [2.05, 4.69) is 41.2 Å². The minimum Gasteiger partial charge on any atom is -0.357 e. The lowest BCUT2D eigenvalue weighted by molar-refractivity contribution is 0.552. The summed E-state index contributed by atoms with van der Waals surface area (Å²) in [6.45, 7) is 8.80. The molecule has 1 N–H and O–H groups in total. The Hall–Kier alpha value is -1.09. The van der Waals surface area contributed by atoms with E-state index in [1.165, 1.54) is 18.4 Å². The second kappa shape index (κ2) is 6.01. The highest BCUT2D eigenvalue weighted by atomic mass is 15.2. The molecule has 1 fully saturated rings. The van der Waals surface area contributed by atoms with Crippen molar-refractivity contribution in [3.63, 3.8) is 0 Å². The summed E-state index contributed by atoms with van der Waals surface area (Å²) >= 11 is 0. The third kappa shape index (κ3) is 3.70. The number of rotatable bonds is 5. The van der Waals surface area contributed by atoms with Gasteiger partial charge in [-0.25, -0.2) is 4.98 Å². The number of hydrogen-bond donors (Lipinski definition) is 1. The van der Waals surface area contributed by atoms with E-state index in [4.69, 9.17) is 0 Å². The van der Waals surface area contributed by atoms with Gasteiger partial charge in [0.2, 0.25) is 0 Å². The van der Waals surface area contributed by atoms with Crippen molar-refractivity contribution in [3.8, 4) is 0 Å². The van der Waals surface area contributed by atoms with Crippen molar-refractivity contribution in [2.75, 3.05) is 24.5 Å². The molecule has 0 radical (unpaired) electrons. The van der Waals surface area contributed by atoms with Crippen molar-refractivity contribution in [1.82, 2.24) is 10.3 Å². The number of anilines is 1. The Morgan fingerprint density at radius 1 is 1.35 bits per heavy atom. The van der Waals surface area contributed by atoms with Crippen LogP contribution in [-0.2, 0) is 6.54 Å². The second-order valence-corrected chi connectivity index (χ2v) is 5.24. The third-order valence-corrected chi connectivity index (χ3v) is 3.12. The number of hydrogen-bond acceptors (Lipinski definition) is 3. The van der Waals surface area contributed by atoms with Crippen LogP contribution in [0.15, 0.2) is 18.3 Å². The first-order valence-electron chi connectivity index (χ1n) is 6.66. The first-order chi connectivity index (χ1) is 8.25. The summed E-state index contributed by atoms with van der Waals surface area (Å²) in [6, 6.07) is 4.32. The van der Waals surface area contributed by atoms with Gasteiger partial charge in [0, 0.05) is 25.8 Å². The summed E-state index contributed by atoms with van der Waals surface area (Å²) in [6.07, 6.45) is 4.54. The lowest BCUT2D eigenvalue weighted by atomic mass is 10.2. The Kier molecular flexibility index (Phi) is 4.37. The maximum atomic E-state index is 4.46. The average Bonchev–Trinajstić information content (AvgIpc) is 2.82. The van der Waals surface area contributed by atoms with Gasteiger partial charge in [0.25, 0.3) is 0 Å². The van der Waals surface area contributed by atoms with Crippen LogP contribution in [0.4, 0.5) is 5.82 Å². The van der Waals surface area contributed by atoms with Crippen LogP contribution in [0.3, 0.4) is 0 Å². The van der Waals surface area contributed by atoms with Gasteiger partial charge in [0.15, 0.2) is 0 Å². The van der Waals surface area contributed by atoms with E-state index >= 15 is 0 Å². The molecule has 0 saturated carbocycles. The quantitative estimate of drug-likeness (QED) is 0.846. The fraction of sp³-hybridized carbons (Fsp3) is 0.643. The van der Waals surface area contributed by atoms with E-state index in [9.17, 15) is 0 Å². The van der Waals surface area contributed by atoms with E-state index in [-0.39, 0.29) is 0 Å². The van der Waals surface area contributed by atoms with Gasteiger partial charge in [-0.15, -0.1) is 0 Å². The topological polar surface area (TPSA) is 28.2 Å². The highest BCUT2D eigenvalue weighted by Gasteiger charge is 2.13. The van der Waals surface area contributed by atoms with E-state index in [1.54, 1.807) is 0 Å². The maximum absolute atomic E-state index is 4.46. The fourth-order valence-corrected chi connectivity index (χ4v) is 2.19. The molecular weight excluding hydrogens is 210 g/mol. The molecule has 1 aliphatic rings. The Morgan fingerprint density at radius 2 is 2.12 bits per heavy atom. The molecule has 0 amide bonds. The average molecular weight is 233 g/mol. The van der Waals surface area contributed by atoms with Crippen molar-refractivity contribution >= 4 is 5.82 Å². The van der Waals surface area contributed by atoms with Crippen molar-refractivity contribution in [2.24, 2.45) is 5.92 Å². The van der Waals surface area contributed by atoms with Gasteiger partial charge in [-0.2, -0.15) is 0 Å². The first-order valence-corrected chi connectivity index (χ1v) is 6.66. The number of nitrogens with zero attached hydrogens (tertiary/aromatic N) is 2. The summed E-state index contributed by atoms with van der Waals surface area (Å²) in [4.78, 5) is 6.84. The Balaban J connectivity index is 1.91. The molecule has 0 atom stereocenters. The van der Waals surface area contributed by atoms with Gasteiger partial charge in [-0.1, -0.05) is 13.8 Å². The summed E-state index contributed by atoms with van der Waals surface area (Å²) in [5, 5.41) is 3.47. The van der Waals surface area contributed by atoms with Crippen LogP contribution >= 0.6 is 0 Å². The van der Waals surface area contributed by atoms with Crippen molar-refractivity contribution in [3.05, 3.63) is 23.9 Å². The zero-order chi connectivity index (χ0) is 12.1. The predicted octanol–water partition coefficient (Wildman–Crippen LogP) is 2.43. The molecule has 94 valence electrons. The first kappa shape index (κ1) is 12.4. The smallest absolute Gasteiger partial charge is 0.128 e. The molecule has 0 unspecified atom stereocenters. The molecule has 0 bridgehead atoms. The molecule has 3 nitrogen and oxygen atoms in total. The molecule has 0 aromatic carbocycles. The molecule has 1 aliphatic heterocycles. The summed E-state index contributed by atoms with van der Waals surface area (Å²) in [5.41, 5.74) is 1.34. The van der Waals surface area contributed by atoms with Crippen LogP contribution in [0.25, 0.3) is 0 Å². The summed E-state index contributed by atoms with van der Waals surface area (Å²) in [5.74, 6) is 1.85. The maximum Gasteiger partial charge on any atom is 0.128 e. The van der Waals surface area contributed by atoms with Crippen molar-refractivity contribution in [2.45, 2.75) is 33.2 Å². The number of nitrogens with one attached hydrogen (secondary N) is 1. The van der Waals surface area contributed by atoms with Gasteiger partial charge >= 0.3 is 0 Å². The Labute approximate surface area is 104 Å². The highest BCUT2D eigenvalue weighted by Crippen LogP contribution is 2.18. The van der Waals surface area contributed by atoms with Crippen LogP contribution in [0.1, 0.15) is 32.3 Å². The van der Waals surface area contributed by atoms with Gasteiger partial charge < -0.3 is 10.2 Å². The van der Waals surface area contributed by atoms with Gasteiger partial charge in [0.05, 0.1) is 0 Å². The molecule has 1 saturated heterocycles. The lowest BCUT2D eigenvalue weighted by Gasteiger charge is -2.17. The monoisotopic (exact) mass is 233 g/mol. The number of pyridine rings is 1. The van der Waals surface area contributed by atoms with Gasteiger partial charge in [-0.3, -0.25) is 0 Å². The predicted molar refractivity (Wildman–Crippen MR) is 72.2 cm³/mol. The second-order valence-electron chi connectivity index (χ2n) is 5.24. The Bertz CT molecular complexity index is 343. The van der Waals surface area contributed by atoms with Crippen molar-refractivity contribution < 1.29 is 0 Å². The zero-order valence-corrected chi connectivity index (χ0v) is 10.9. The normalized spacial score (nSPS) is 15.8. The van der Waals surface area contributed by atoms with Crippen LogP contribution in [0.2, 0.25) is 0 Å². The van der Waals surface area contributed by atoms with Crippen LogP contribution in [0.5, 0.6) is 0 Å². The van der Waals surface area contributed by atoms with E-state index in [1.807, 2.05) is 6.20 Å². The van der Waals surface area contributed by atoms with E-state index in [0.29, 0.717) is 5.92 Å². The molecule has 1 aromatic heterocycles. The lowest BCUT2D eigenvalue weighted by Crippen LogP contribution is -2.21. The van der Waals surface area contributed by atoms with Crippen LogP contribution in [0, 0.1) is 5.92 Å². The fourth-order valence-electron chi connectivity index (χ4n) is 2.19. The largest absolute Gasteiger partial charge is 0.357 e. The van der Waals surface area contributed by atoms with Crippen molar-refractivity contribution in [1.29, 1.82) is 0 Å². The SMILES string of the molecule is CC(C)CNCc1ccnc(N2CCCC2)c1. The third-order valence-electron chi connectivity index (χ3n) is 3.12. The number of aromatic nitrogens is 1. The van der Waals surface area contributed by atoms with Crippen LogP contribution in [-0.4, -0.2) is 24.6 Å². The Morgan fingerprint density at radius 3 is 2.82 bits per heavy atom. The molecule has 17 heavy (non-hydrogen) atoms.